The number of fused-ring (bicyclic) bond motifs is 1. The van der Waals surface area contributed by atoms with E-state index in [0.717, 1.165) is 23.5 Å². The maximum atomic E-state index is 13.2. The maximum absolute atomic E-state index is 13.2. The van der Waals surface area contributed by atoms with Gasteiger partial charge in [0.25, 0.3) is 0 Å². The summed E-state index contributed by atoms with van der Waals surface area (Å²) in [6, 6.07) is 4.53. The van der Waals surface area contributed by atoms with Gasteiger partial charge in [-0.1, -0.05) is 0 Å². The Balaban J connectivity index is 1.96. The lowest BCUT2D eigenvalue weighted by Gasteiger charge is -2.08. The molecule has 0 aliphatic heterocycles. The summed E-state index contributed by atoms with van der Waals surface area (Å²) in [6.07, 6.45) is -0.938. The Morgan fingerprint density at radius 1 is 1.23 bits per heavy atom. The van der Waals surface area contributed by atoms with E-state index in [0.29, 0.717) is 11.5 Å². The molecule has 1 aromatic carbocycles. The van der Waals surface area contributed by atoms with Crippen molar-refractivity contribution in [3.05, 3.63) is 52.8 Å². The van der Waals surface area contributed by atoms with Gasteiger partial charge in [0.1, 0.15) is 0 Å². The van der Waals surface area contributed by atoms with Crippen molar-refractivity contribution in [2.75, 3.05) is 14.2 Å². The van der Waals surface area contributed by atoms with Crippen molar-refractivity contribution >= 4 is 28.2 Å². The molecule has 0 radical (unpaired) electrons. The number of rotatable bonds is 5. The number of hydrogen-bond donors (Lipinski definition) is 0. The third-order valence-electron chi connectivity index (χ3n) is 3.63. The average molecular weight is 382 g/mol. The number of alkyl halides is 3. The van der Waals surface area contributed by atoms with Gasteiger partial charge in [0.05, 0.1) is 19.9 Å². The Hall–Kier alpha value is -2.81. The second kappa shape index (κ2) is 6.83. The third kappa shape index (κ3) is 3.30. The maximum Gasteiger partial charge on any atom is 0.435 e. The van der Waals surface area contributed by atoms with Crippen LogP contribution < -0.4 is 9.47 Å². The lowest BCUT2D eigenvalue weighted by Crippen LogP contribution is -2.08. The lowest BCUT2D eigenvalue weighted by atomic mass is 10.1. The fourth-order valence-corrected chi connectivity index (χ4v) is 3.13. The van der Waals surface area contributed by atoms with Crippen LogP contribution in [0.2, 0.25) is 0 Å². The minimum absolute atomic E-state index is 0.192. The van der Waals surface area contributed by atoms with Gasteiger partial charge >= 0.3 is 6.18 Å². The van der Waals surface area contributed by atoms with Crippen LogP contribution in [-0.4, -0.2) is 29.4 Å². The van der Waals surface area contributed by atoms with Crippen LogP contribution in [0.3, 0.4) is 0 Å². The molecule has 0 atom stereocenters. The second-order valence-electron chi connectivity index (χ2n) is 5.17. The van der Waals surface area contributed by atoms with E-state index in [1.807, 2.05) is 0 Å². The van der Waals surface area contributed by atoms with Crippen LogP contribution in [-0.2, 0) is 6.18 Å². The highest BCUT2D eigenvalue weighted by Crippen LogP contribution is 2.34. The normalized spacial score (nSPS) is 12.0. The summed E-state index contributed by atoms with van der Waals surface area (Å²) in [5, 5.41) is 1.62. The molecule has 2 aromatic heterocycles. The molecule has 0 spiro atoms. The Morgan fingerprint density at radius 2 is 1.96 bits per heavy atom. The quantitative estimate of drug-likeness (QED) is 0.487. The highest BCUT2D eigenvalue weighted by atomic mass is 32.1. The van der Waals surface area contributed by atoms with Gasteiger partial charge in [-0.05, 0) is 30.4 Å². The number of allylic oxidation sites excluding steroid dienone is 1. The van der Waals surface area contributed by atoms with Crippen molar-refractivity contribution in [2.24, 2.45) is 0 Å². The largest absolute Gasteiger partial charge is 0.493 e. The smallest absolute Gasteiger partial charge is 0.435 e. The summed E-state index contributed by atoms with van der Waals surface area (Å²) in [4.78, 5) is 16.2. The number of benzene rings is 1. The van der Waals surface area contributed by atoms with E-state index >= 15 is 0 Å². The number of imidazole rings is 1. The van der Waals surface area contributed by atoms with Gasteiger partial charge < -0.3 is 9.47 Å². The Morgan fingerprint density at radius 3 is 2.62 bits per heavy atom. The van der Waals surface area contributed by atoms with Gasteiger partial charge in [-0.2, -0.15) is 13.2 Å². The number of aromatic nitrogens is 2. The zero-order valence-electron chi connectivity index (χ0n) is 13.7. The van der Waals surface area contributed by atoms with Crippen molar-refractivity contribution in [3.63, 3.8) is 0 Å². The topological polar surface area (TPSA) is 52.8 Å². The van der Waals surface area contributed by atoms with Crippen LogP contribution in [0.15, 0.2) is 35.9 Å². The lowest BCUT2D eigenvalue weighted by molar-refractivity contribution is -0.140. The number of ether oxygens (including phenoxy) is 2. The van der Waals surface area contributed by atoms with Gasteiger partial charge in [0, 0.05) is 17.1 Å². The minimum atomic E-state index is -4.61. The molecule has 0 unspecified atom stereocenters. The number of carbonyl (C=O) groups is 1. The Labute approximate surface area is 150 Å². The Kier molecular flexibility index (Phi) is 4.73. The van der Waals surface area contributed by atoms with Crippen molar-refractivity contribution in [3.8, 4) is 11.5 Å². The summed E-state index contributed by atoms with van der Waals surface area (Å²) in [6.45, 7) is 0. The van der Waals surface area contributed by atoms with Crippen LogP contribution in [0.4, 0.5) is 13.2 Å². The number of hydrogen-bond acceptors (Lipinski definition) is 5. The molecule has 2 heterocycles. The van der Waals surface area contributed by atoms with Crippen molar-refractivity contribution in [1.82, 2.24) is 9.38 Å². The van der Waals surface area contributed by atoms with E-state index in [4.69, 9.17) is 9.47 Å². The Bertz CT molecular complexity index is 989. The second-order valence-corrected chi connectivity index (χ2v) is 6.04. The first-order valence-corrected chi connectivity index (χ1v) is 8.20. The SMILES string of the molecule is COc1ccc(C(=O)C=Cc2c(C(F)(F)F)nc3sccn23)cc1OC. The van der Waals surface area contributed by atoms with Crippen LogP contribution in [0.25, 0.3) is 11.0 Å². The number of ketones is 1. The van der Waals surface area contributed by atoms with Crippen molar-refractivity contribution in [1.29, 1.82) is 0 Å². The van der Waals surface area contributed by atoms with Crippen molar-refractivity contribution in [2.45, 2.75) is 6.18 Å². The summed E-state index contributed by atoms with van der Waals surface area (Å²) in [5.74, 6) is 0.333. The van der Waals surface area contributed by atoms with Crippen LogP contribution >= 0.6 is 11.3 Å². The monoisotopic (exact) mass is 382 g/mol. The molecule has 0 amide bonds. The van der Waals surface area contributed by atoms with Gasteiger partial charge in [-0.3, -0.25) is 9.20 Å². The number of carbonyl (C=O) groups excluding carboxylic acids is 1. The predicted molar refractivity (Wildman–Crippen MR) is 91.0 cm³/mol. The minimum Gasteiger partial charge on any atom is -0.493 e. The fraction of sp³-hybridized carbons (Fsp3) is 0.176. The van der Waals surface area contributed by atoms with E-state index in [2.05, 4.69) is 4.98 Å². The number of methoxy groups -OCH3 is 2. The van der Waals surface area contributed by atoms with Gasteiger partial charge in [0.15, 0.2) is 27.9 Å². The molecule has 9 heteroatoms. The van der Waals surface area contributed by atoms with Gasteiger partial charge in [-0.25, -0.2) is 4.98 Å². The number of nitrogens with zero attached hydrogens (tertiary/aromatic N) is 2. The molecule has 0 saturated heterocycles. The molecule has 0 N–H and O–H groups in total. The van der Waals surface area contributed by atoms with Crippen LogP contribution in [0, 0.1) is 0 Å². The van der Waals surface area contributed by atoms with E-state index < -0.39 is 17.7 Å². The van der Waals surface area contributed by atoms with Gasteiger partial charge in [0.2, 0.25) is 0 Å². The molecule has 136 valence electrons. The molecule has 26 heavy (non-hydrogen) atoms. The van der Waals surface area contributed by atoms with Crippen LogP contribution in [0.1, 0.15) is 21.7 Å². The van der Waals surface area contributed by atoms with E-state index in [1.54, 1.807) is 11.4 Å². The summed E-state index contributed by atoms with van der Waals surface area (Å²) in [5.41, 5.74) is -0.957. The molecule has 5 nitrogen and oxygen atoms in total. The van der Waals surface area contributed by atoms with E-state index in [1.165, 1.54) is 36.9 Å². The number of thiazole rings is 1. The molecule has 0 aliphatic rings. The molecule has 0 bridgehead atoms. The molecule has 0 fully saturated rings. The third-order valence-corrected chi connectivity index (χ3v) is 4.38. The molecule has 3 rings (SSSR count). The molecular formula is C17H13F3N2O3S. The molecule has 3 aromatic rings. The van der Waals surface area contributed by atoms with Crippen LogP contribution in [0.5, 0.6) is 11.5 Å². The average Bonchev–Trinajstić information content (AvgIpc) is 3.20. The predicted octanol–water partition coefficient (Wildman–Crippen LogP) is 4.33. The highest BCUT2D eigenvalue weighted by molar-refractivity contribution is 7.15. The fourth-order valence-electron chi connectivity index (χ4n) is 2.41. The molecular weight excluding hydrogens is 369 g/mol. The zero-order chi connectivity index (χ0) is 18.9. The summed E-state index contributed by atoms with van der Waals surface area (Å²) >= 11 is 1.08. The molecule has 0 aliphatic carbocycles. The molecule has 0 saturated carbocycles. The summed E-state index contributed by atoms with van der Waals surface area (Å²) in [7, 11) is 2.89. The number of halogens is 3. The van der Waals surface area contributed by atoms with Crippen molar-refractivity contribution < 1.29 is 27.4 Å². The van der Waals surface area contributed by atoms with Gasteiger partial charge in [-0.15, -0.1) is 11.3 Å². The first kappa shape index (κ1) is 18.0. The first-order chi connectivity index (χ1) is 12.3. The zero-order valence-corrected chi connectivity index (χ0v) is 14.5. The van der Waals surface area contributed by atoms with E-state index in [-0.39, 0.29) is 16.2 Å². The standard InChI is InChI=1S/C17H13F3N2O3S/c1-24-13-6-3-10(9-14(13)25-2)12(23)5-4-11-15(17(18,19)20)21-16-22(11)7-8-26-16/h3-9H,1-2H3. The van der Waals surface area contributed by atoms with E-state index in [9.17, 15) is 18.0 Å². The summed E-state index contributed by atoms with van der Waals surface area (Å²) < 4.78 is 51.0. The highest BCUT2D eigenvalue weighted by Gasteiger charge is 2.37. The first-order valence-electron chi connectivity index (χ1n) is 7.32.